The molecule has 4 nitrogen and oxygen atoms in total. The van der Waals surface area contributed by atoms with Gasteiger partial charge in [0, 0.05) is 18.3 Å². The van der Waals surface area contributed by atoms with Gasteiger partial charge in [0.15, 0.2) is 0 Å². The predicted octanol–water partition coefficient (Wildman–Crippen LogP) is 2.85. The maximum absolute atomic E-state index is 12.2. The second kappa shape index (κ2) is 4.21. The Bertz CT molecular complexity index is 624. The molecule has 4 heteroatoms. The molecular formula is C16H23NO3. The molecule has 110 valence electrons. The molecule has 1 aliphatic rings. The smallest absolute Gasteiger partial charge is 0.337 e. The Balaban J connectivity index is 2.47. The Morgan fingerprint density at radius 2 is 1.75 bits per heavy atom. The SMILES string of the molecule is Cc1cc(=O)n(CC2C(C)(C)C2(C)C)c(C)c1C(=O)O. The Labute approximate surface area is 119 Å². The van der Waals surface area contributed by atoms with Crippen molar-refractivity contribution in [3.05, 3.63) is 33.2 Å². The molecule has 1 fully saturated rings. The predicted molar refractivity (Wildman–Crippen MR) is 78.2 cm³/mol. The molecule has 0 aliphatic heterocycles. The van der Waals surface area contributed by atoms with Crippen LogP contribution in [0.1, 0.15) is 49.3 Å². The minimum Gasteiger partial charge on any atom is -0.478 e. The van der Waals surface area contributed by atoms with Crippen molar-refractivity contribution in [1.82, 2.24) is 4.57 Å². The van der Waals surface area contributed by atoms with E-state index in [4.69, 9.17) is 0 Å². The molecule has 0 saturated heterocycles. The van der Waals surface area contributed by atoms with Gasteiger partial charge in [-0.25, -0.2) is 4.79 Å². The number of aromatic carboxylic acids is 1. The van der Waals surface area contributed by atoms with E-state index in [0.29, 0.717) is 23.7 Å². The van der Waals surface area contributed by atoms with E-state index >= 15 is 0 Å². The summed E-state index contributed by atoms with van der Waals surface area (Å²) in [5.41, 5.74) is 1.58. The Kier molecular flexibility index (Phi) is 3.12. The van der Waals surface area contributed by atoms with Crippen LogP contribution in [0.3, 0.4) is 0 Å². The van der Waals surface area contributed by atoms with Gasteiger partial charge in [-0.3, -0.25) is 4.79 Å². The van der Waals surface area contributed by atoms with E-state index in [2.05, 4.69) is 27.7 Å². The van der Waals surface area contributed by atoms with Crippen LogP contribution in [-0.4, -0.2) is 15.6 Å². The first kappa shape index (κ1) is 14.8. The fourth-order valence-corrected chi connectivity index (χ4v) is 3.44. The number of nitrogens with zero attached hydrogens (tertiary/aromatic N) is 1. The van der Waals surface area contributed by atoms with Gasteiger partial charge in [-0.1, -0.05) is 27.7 Å². The molecule has 1 N–H and O–H groups in total. The van der Waals surface area contributed by atoms with Crippen LogP contribution in [0, 0.1) is 30.6 Å². The highest BCUT2D eigenvalue weighted by Gasteiger charge is 2.64. The van der Waals surface area contributed by atoms with E-state index in [1.807, 2.05) is 0 Å². The van der Waals surface area contributed by atoms with E-state index in [0.717, 1.165) is 0 Å². The Morgan fingerprint density at radius 3 is 2.15 bits per heavy atom. The molecular weight excluding hydrogens is 254 g/mol. The fraction of sp³-hybridized carbons (Fsp3) is 0.625. The van der Waals surface area contributed by atoms with Crippen LogP contribution >= 0.6 is 0 Å². The maximum Gasteiger partial charge on any atom is 0.337 e. The molecule has 1 saturated carbocycles. The van der Waals surface area contributed by atoms with Crippen LogP contribution in [0.25, 0.3) is 0 Å². The third kappa shape index (κ3) is 1.89. The number of rotatable bonds is 3. The molecule has 0 unspecified atom stereocenters. The van der Waals surface area contributed by atoms with Crippen molar-refractivity contribution in [2.75, 3.05) is 0 Å². The van der Waals surface area contributed by atoms with Crippen LogP contribution in [0.5, 0.6) is 0 Å². The van der Waals surface area contributed by atoms with E-state index in [1.165, 1.54) is 6.07 Å². The topological polar surface area (TPSA) is 59.3 Å². The van der Waals surface area contributed by atoms with Crippen LogP contribution in [0.15, 0.2) is 10.9 Å². The first-order valence-electron chi connectivity index (χ1n) is 6.96. The summed E-state index contributed by atoms with van der Waals surface area (Å²) in [6, 6.07) is 1.43. The lowest BCUT2D eigenvalue weighted by Crippen LogP contribution is -2.27. The van der Waals surface area contributed by atoms with E-state index in [-0.39, 0.29) is 22.0 Å². The van der Waals surface area contributed by atoms with Gasteiger partial charge in [0.2, 0.25) is 0 Å². The zero-order valence-corrected chi connectivity index (χ0v) is 13.1. The first-order chi connectivity index (χ1) is 9.01. The highest BCUT2D eigenvalue weighted by atomic mass is 16.4. The number of carboxylic acids is 1. The highest BCUT2D eigenvalue weighted by molar-refractivity contribution is 5.90. The number of hydrogen-bond donors (Lipinski definition) is 1. The minimum atomic E-state index is -0.969. The summed E-state index contributed by atoms with van der Waals surface area (Å²) in [5, 5.41) is 9.30. The van der Waals surface area contributed by atoms with Gasteiger partial charge in [0.1, 0.15) is 0 Å². The zero-order valence-electron chi connectivity index (χ0n) is 13.1. The zero-order chi connectivity index (χ0) is 15.5. The third-order valence-electron chi connectivity index (χ3n) is 5.67. The Hall–Kier alpha value is -1.58. The monoisotopic (exact) mass is 277 g/mol. The number of hydrogen-bond acceptors (Lipinski definition) is 2. The van der Waals surface area contributed by atoms with Crippen molar-refractivity contribution in [2.45, 2.75) is 48.1 Å². The molecule has 20 heavy (non-hydrogen) atoms. The first-order valence-corrected chi connectivity index (χ1v) is 6.96. The Morgan fingerprint density at radius 1 is 1.25 bits per heavy atom. The van der Waals surface area contributed by atoms with Crippen molar-refractivity contribution in [2.24, 2.45) is 16.7 Å². The normalized spacial score (nSPS) is 19.9. The summed E-state index contributed by atoms with van der Waals surface area (Å²) >= 11 is 0. The van der Waals surface area contributed by atoms with Gasteiger partial charge in [0.25, 0.3) is 5.56 Å². The second-order valence-electron chi connectivity index (χ2n) is 7.04. The largest absolute Gasteiger partial charge is 0.478 e. The summed E-state index contributed by atoms with van der Waals surface area (Å²) < 4.78 is 1.62. The van der Waals surface area contributed by atoms with Crippen molar-refractivity contribution in [3.8, 4) is 0 Å². The molecule has 1 aromatic rings. The standard InChI is InChI=1S/C16H23NO3/c1-9-7-12(18)17(10(2)13(9)14(19)20)8-11-15(3,4)16(11,5)6/h7,11H,8H2,1-6H3,(H,19,20). The average Bonchev–Trinajstić information content (AvgIpc) is 2.64. The molecule has 1 aliphatic carbocycles. The summed E-state index contributed by atoms with van der Waals surface area (Å²) in [6.45, 7) is 12.8. The molecule has 0 bridgehead atoms. The molecule has 1 heterocycles. The summed E-state index contributed by atoms with van der Waals surface area (Å²) in [7, 11) is 0. The van der Waals surface area contributed by atoms with Crippen molar-refractivity contribution >= 4 is 5.97 Å². The molecule has 2 rings (SSSR count). The summed E-state index contributed by atoms with van der Waals surface area (Å²) in [6.07, 6.45) is 0. The molecule has 0 amide bonds. The quantitative estimate of drug-likeness (QED) is 0.924. The van der Waals surface area contributed by atoms with Gasteiger partial charge < -0.3 is 9.67 Å². The fourth-order valence-electron chi connectivity index (χ4n) is 3.44. The van der Waals surface area contributed by atoms with E-state index in [1.54, 1.807) is 18.4 Å². The summed E-state index contributed by atoms with van der Waals surface area (Å²) in [5.74, 6) is -0.584. The highest BCUT2D eigenvalue weighted by Crippen LogP contribution is 2.68. The third-order valence-corrected chi connectivity index (χ3v) is 5.67. The van der Waals surface area contributed by atoms with Crippen molar-refractivity contribution in [3.63, 3.8) is 0 Å². The average molecular weight is 277 g/mol. The van der Waals surface area contributed by atoms with E-state index < -0.39 is 5.97 Å². The van der Waals surface area contributed by atoms with Crippen molar-refractivity contribution < 1.29 is 9.90 Å². The molecule has 1 aromatic heterocycles. The van der Waals surface area contributed by atoms with E-state index in [9.17, 15) is 14.7 Å². The van der Waals surface area contributed by atoms with Gasteiger partial charge >= 0.3 is 5.97 Å². The van der Waals surface area contributed by atoms with Gasteiger partial charge in [-0.15, -0.1) is 0 Å². The molecule has 0 aromatic carbocycles. The number of aromatic nitrogens is 1. The van der Waals surface area contributed by atoms with Crippen LogP contribution in [0.2, 0.25) is 0 Å². The maximum atomic E-state index is 12.2. The lowest BCUT2D eigenvalue weighted by molar-refractivity contribution is 0.0694. The number of aryl methyl sites for hydroxylation is 1. The molecule has 0 radical (unpaired) electrons. The number of carbonyl (C=O) groups is 1. The number of pyridine rings is 1. The van der Waals surface area contributed by atoms with Crippen LogP contribution in [-0.2, 0) is 6.54 Å². The number of carboxylic acid groups (broad SMARTS) is 1. The van der Waals surface area contributed by atoms with Gasteiger partial charge in [0.05, 0.1) is 5.56 Å². The van der Waals surface area contributed by atoms with Gasteiger partial charge in [-0.2, -0.15) is 0 Å². The lowest BCUT2D eigenvalue weighted by Gasteiger charge is -2.15. The minimum absolute atomic E-state index is 0.108. The molecule has 0 atom stereocenters. The second-order valence-corrected chi connectivity index (χ2v) is 7.04. The molecule has 0 spiro atoms. The van der Waals surface area contributed by atoms with Crippen LogP contribution < -0.4 is 5.56 Å². The van der Waals surface area contributed by atoms with Crippen LogP contribution in [0.4, 0.5) is 0 Å². The van der Waals surface area contributed by atoms with Gasteiger partial charge in [-0.05, 0) is 36.2 Å². The van der Waals surface area contributed by atoms with Crippen molar-refractivity contribution in [1.29, 1.82) is 0 Å². The lowest BCUT2D eigenvalue weighted by atomic mass is 10.0. The summed E-state index contributed by atoms with van der Waals surface area (Å²) in [4.78, 5) is 23.5.